The predicted molar refractivity (Wildman–Crippen MR) is 73.9 cm³/mol. The lowest BCUT2D eigenvalue weighted by atomic mass is 10.1. The minimum absolute atomic E-state index is 0.296. The van der Waals surface area contributed by atoms with Crippen molar-refractivity contribution in [1.82, 2.24) is 9.88 Å². The average molecular weight is 258 g/mol. The molecule has 1 saturated heterocycles. The molecule has 2 aromatic rings. The van der Waals surface area contributed by atoms with Gasteiger partial charge in [0, 0.05) is 36.6 Å². The number of hydrogen-bond donors (Lipinski definition) is 2. The SMILES string of the molecule is O=C(O)CC1CCN(Cc2c[nH]c3ccccc23)C1. The molecule has 1 aliphatic heterocycles. The Morgan fingerprint density at radius 3 is 3.11 bits per heavy atom. The van der Waals surface area contributed by atoms with E-state index in [0.717, 1.165) is 26.1 Å². The van der Waals surface area contributed by atoms with Gasteiger partial charge in [-0.3, -0.25) is 9.69 Å². The fourth-order valence-corrected chi connectivity index (χ4v) is 2.97. The van der Waals surface area contributed by atoms with Gasteiger partial charge in [-0.05, 0) is 30.5 Å². The number of aliphatic carboxylic acids is 1. The number of carbonyl (C=O) groups is 1. The van der Waals surface area contributed by atoms with Crippen LogP contribution in [-0.2, 0) is 11.3 Å². The first-order valence-electron chi connectivity index (χ1n) is 6.71. The van der Waals surface area contributed by atoms with E-state index in [4.69, 9.17) is 5.11 Å². The molecule has 1 aromatic carbocycles. The first kappa shape index (κ1) is 12.2. The number of carboxylic acid groups (broad SMARTS) is 1. The van der Waals surface area contributed by atoms with Crippen molar-refractivity contribution in [2.24, 2.45) is 5.92 Å². The number of fused-ring (bicyclic) bond motifs is 1. The molecule has 4 nitrogen and oxygen atoms in total. The second-order valence-electron chi connectivity index (χ2n) is 5.35. The van der Waals surface area contributed by atoms with E-state index in [2.05, 4.69) is 34.3 Å². The number of carboxylic acids is 1. The minimum Gasteiger partial charge on any atom is -0.481 e. The smallest absolute Gasteiger partial charge is 0.303 e. The van der Waals surface area contributed by atoms with Gasteiger partial charge in [-0.2, -0.15) is 0 Å². The number of hydrogen-bond acceptors (Lipinski definition) is 2. The van der Waals surface area contributed by atoms with Gasteiger partial charge in [0.2, 0.25) is 0 Å². The Balaban J connectivity index is 1.68. The number of nitrogens with zero attached hydrogens (tertiary/aromatic N) is 1. The maximum Gasteiger partial charge on any atom is 0.303 e. The second-order valence-corrected chi connectivity index (χ2v) is 5.35. The Bertz CT molecular complexity index is 591. The monoisotopic (exact) mass is 258 g/mol. The lowest BCUT2D eigenvalue weighted by Gasteiger charge is -2.15. The molecular weight excluding hydrogens is 240 g/mol. The number of likely N-dealkylation sites (tertiary alicyclic amines) is 1. The zero-order valence-electron chi connectivity index (χ0n) is 10.8. The van der Waals surface area contributed by atoms with Crippen molar-refractivity contribution in [1.29, 1.82) is 0 Å². The molecule has 19 heavy (non-hydrogen) atoms. The topological polar surface area (TPSA) is 56.3 Å². The standard InChI is InChI=1S/C15H18N2O2/c18-15(19)7-11-5-6-17(9-11)10-12-8-16-14-4-2-1-3-13(12)14/h1-4,8,11,16H,5-7,9-10H2,(H,18,19). The molecule has 1 fully saturated rings. The van der Waals surface area contributed by atoms with Gasteiger partial charge >= 0.3 is 5.97 Å². The molecule has 2 N–H and O–H groups in total. The van der Waals surface area contributed by atoms with E-state index in [1.165, 1.54) is 16.5 Å². The lowest BCUT2D eigenvalue weighted by Crippen LogP contribution is -2.20. The zero-order chi connectivity index (χ0) is 13.2. The van der Waals surface area contributed by atoms with Crippen LogP contribution in [0.3, 0.4) is 0 Å². The summed E-state index contributed by atoms with van der Waals surface area (Å²) in [5.41, 5.74) is 2.46. The highest BCUT2D eigenvalue weighted by atomic mass is 16.4. The van der Waals surface area contributed by atoms with Gasteiger partial charge in [0.1, 0.15) is 0 Å². The zero-order valence-corrected chi connectivity index (χ0v) is 10.8. The van der Waals surface area contributed by atoms with Crippen molar-refractivity contribution in [2.75, 3.05) is 13.1 Å². The Kier molecular flexibility index (Phi) is 3.25. The predicted octanol–water partition coefficient (Wildman–Crippen LogP) is 2.46. The molecule has 1 unspecified atom stereocenters. The van der Waals surface area contributed by atoms with Crippen molar-refractivity contribution in [3.05, 3.63) is 36.0 Å². The van der Waals surface area contributed by atoms with Gasteiger partial charge in [-0.25, -0.2) is 0 Å². The maximum atomic E-state index is 10.7. The van der Waals surface area contributed by atoms with Crippen molar-refractivity contribution >= 4 is 16.9 Å². The van der Waals surface area contributed by atoms with Crippen LogP contribution in [-0.4, -0.2) is 34.0 Å². The number of benzene rings is 1. The van der Waals surface area contributed by atoms with Gasteiger partial charge in [-0.1, -0.05) is 18.2 Å². The maximum absolute atomic E-state index is 10.7. The number of rotatable bonds is 4. The molecule has 3 rings (SSSR count). The largest absolute Gasteiger partial charge is 0.481 e. The van der Waals surface area contributed by atoms with Gasteiger partial charge in [0.05, 0.1) is 0 Å². The summed E-state index contributed by atoms with van der Waals surface area (Å²) in [6.45, 7) is 2.80. The molecule has 0 saturated carbocycles. The number of para-hydroxylation sites is 1. The van der Waals surface area contributed by atoms with Crippen LogP contribution in [0, 0.1) is 5.92 Å². The molecule has 1 aliphatic rings. The van der Waals surface area contributed by atoms with Gasteiger partial charge in [0.25, 0.3) is 0 Å². The van der Waals surface area contributed by atoms with Crippen LogP contribution >= 0.6 is 0 Å². The molecule has 100 valence electrons. The molecule has 0 radical (unpaired) electrons. The van der Waals surface area contributed by atoms with E-state index >= 15 is 0 Å². The highest BCUT2D eigenvalue weighted by Gasteiger charge is 2.24. The van der Waals surface area contributed by atoms with Crippen LogP contribution in [0.2, 0.25) is 0 Å². The van der Waals surface area contributed by atoms with Crippen LogP contribution in [0.25, 0.3) is 10.9 Å². The van der Waals surface area contributed by atoms with E-state index < -0.39 is 5.97 Å². The Morgan fingerprint density at radius 2 is 2.26 bits per heavy atom. The number of aromatic nitrogens is 1. The van der Waals surface area contributed by atoms with Gasteiger partial charge in [-0.15, -0.1) is 0 Å². The molecule has 0 aliphatic carbocycles. The molecule has 0 bridgehead atoms. The van der Waals surface area contributed by atoms with Crippen LogP contribution in [0.15, 0.2) is 30.5 Å². The third kappa shape index (κ3) is 2.63. The van der Waals surface area contributed by atoms with Crippen molar-refractivity contribution in [3.63, 3.8) is 0 Å². The van der Waals surface area contributed by atoms with E-state index in [1.807, 2.05) is 6.07 Å². The van der Waals surface area contributed by atoms with Gasteiger partial charge < -0.3 is 10.1 Å². The average Bonchev–Trinajstić information content (AvgIpc) is 2.97. The van der Waals surface area contributed by atoms with Crippen LogP contribution < -0.4 is 0 Å². The lowest BCUT2D eigenvalue weighted by molar-refractivity contribution is -0.138. The highest BCUT2D eigenvalue weighted by Crippen LogP contribution is 2.24. The van der Waals surface area contributed by atoms with Crippen molar-refractivity contribution in [2.45, 2.75) is 19.4 Å². The summed E-state index contributed by atoms with van der Waals surface area (Å²) in [6, 6.07) is 8.29. The summed E-state index contributed by atoms with van der Waals surface area (Å²) in [6.07, 6.45) is 3.36. The molecule has 0 amide bonds. The Hall–Kier alpha value is -1.81. The minimum atomic E-state index is -0.682. The molecular formula is C15H18N2O2. The summed E-state index contributed by atoms with van der Waals surface area (Å²) in [5.74, 6) is -0.373. The third-order valence-electron chi connectivity index (χ3n) is 3.90. The van der Waals surface area contributed by atoms with Crippen molar-refractivity contribution < 1.29 is 9.90 Å². The molecule has 1 atom stereocenters. The number of nitrogens with one attached hydrogen (secondary N) is 1. The summed E-state index contributed by atoms with van der Waals surface area (Å²) in [4.78, 5) is 16.4. The molecule has 2 heterocycles. The normalized spacial score (nSPS) is 20.1. The van der Waals surface area contributed by atoms with Crippen LogP contribution in [0.4, 0.5) is 0 Å². The fraction of sp³-hybridized carbons (Fsp3) is 0.400. The van der Waals surface area contributed by atoms with Crippen LogP contribution in [0.5, 0.6) is 0 Å². The molecule has 4 heteroatoms. The van der Waals surface area contributed by atoms with E-state index in [-0.39, 0.29) is 0 Å². The van der Waals surface area contributed by atoms with Crippen LogP contribution in [0.1, 0.15) is 18.4 Å². The van der Waals surface area contributed by atoms with E-state index in [1.54, 1.807) is 0 Å². The Morgan fingerprint density at radius 1 is 1.42 bits per heavy atom. The summed E-state index contributed by atoms with van der Waals surface area (Å²) >= 11 is 0. The third-order valence-corrected chi connectivity index (χ3v) is 3.90. The Labute approximate surface area is 112 Å². The number of aromatic amines is 1. The quantitative estimate of drug-likeness (QED) is 0.885. The van der Waals surface area contributed by atoms with E-state index in [0.29, 0.717) is 12.3 Å². The highest BCUT2D eigenvalue weighted by molar-refractivity contribution is 5.82. The first-order chi connectivity index (χ1) is 9.22. The first-order valence-corrected chi connectivity index (χ1v) is 6.71. The molecule has 0 spiro atoms. The van der Waals surface area contributed by atoms with Gasteiger partial charge in [0.15, 0.2) is 0 Å². The number of H-pyrrole nitrogens is 1. The molecule has 1 aromatic heterocycles. The summed E-state index contributed by atoms with van der Waals surface area (Å²) in [7, 11) is 0. The van der Waals surface area contributed by atoms with E-state index in [9.17, 15) is 4.79 Å². The second kappa shape index (κ2) is 5.05. The summed E-state index contributed by atoms with van der Waals surface area (Å²) in [5, 5.41) is 10.1. The fourth-order valence-electron chi connectivity index (χ4n) is 2.97. The summed E-state index contributed by atoms with van der Waals surface area (Å²) < 4.78 is 0. The van der Waals surface area contributed by atoms with Crippen molar-refractivity contribution in [3.8, 4) is 0 Å².